The van der Waals surface area contributed by atoms with Crippen LogP contribution in [0.3, 0.4) is 0 Å². The van der Waals surface area contributed by atoms with Crippen molar-refractivity contribution in [3.63, 3.8) is 0 Å². The molecule has 0 saturated heterocycles. The molecule has 0 fully saturated rings. The summed E-state index contributed by atoms with van der Waals surface area (Å²) in [5.74, 6) is 1.28. The topological polar surface area (TPSA) is 89.6 Å². The molecule has 2 rings (SSSR count). The molecule has 2 aromatic heterocycles. The summed E-state index contributed by atoms with van der Waals surface area (Å²) < 4.78 is 1.78. The fraction of sp³-hybridized carbons (Fsp3) is 0.364. The van der Waals surface area contributed by atoms with Crippen molar-refractivity contribution < 1.29 is 0 Å². The van der Waals surface area contributed by atoms with E-state index in [0.717, 1.165) is 6.42 Å². The second kappa shape index (κ2) is 4.40. The first-order valence-corrected chi connectivity index (χ1v) is 5.49. The molecular weight excluding hydrogens is 218 g/mol. The van der Waals surface area contributed by atoms with E-state index in [9.17, 15) is 4.79 Å². The number of nitrogen functional groups attached to an aromatic ring is 1. The van der Waals surface area contributed by atoms with Gasteiger partial charge in [0.1, 0.15) is 5.82 Å². The van der Waals surface area contributed by atoms with E-state index in [2.05, 4.69) is 15.0 Å². The molecule has 0 aliphatic rings. The summed E-state index contributed by atoms with van der Waals surface area (Å²) in [6.45, 7) is 1.99. The van der Waals surface area contributed by atoms with Gasteiger partial charge in [-0.25, -0.2) is 9.97 Å². The third-order valence-electron chi connectivity index (χ3n) is 2.58. The van der Waals surface area contributed by atoms with Gasteiger partial charge in [-0.15, -0.1) is 0 Å². The van der Waals surface area contributed by atoms with Crippen LogP contribution in [0.4, 0.5) is 5.82 Å². The van der Waals surface area contributed by atoms with E-state index in [0.29, 0.717) is 23.6 Å². The average molecular weight is 233 g/mol. The zero-order valence-electron chi connectivity index (χ0n) is 9.90. The van der Waals surface area contributed by atoms with E-state index < -0.39 is 0 Å². The smallest absolute Gasteiger partial charge is 0.256 e. The number of H-pyrrole nitrogens is 1. The van der Waals surface area contributed by atoms with E-state index in [1.807, 2.05) is 14.0 Å². The standard InChI is InChI=1S/C11H15N5O/c1-3-4-7-8(12)14-9(15-11(7)17)10-13-5-6-16(10)2/h5-6H,3-4H2,1-2H3,(H3,12,14,15,17). The third kappa shape index (κ3) is 2.06. The normalized spacial score (nSPS) is 10.7. The van der Waals surface area contributed by atoms with Gasteiger partial charge in [-0.3, -0.25) is 4.79 Å². The van der Waals surface area contributed by atoms with Crippen LogP contribution in [0.25, 0.3) is 11.6 Å². The van der Waals surface area contributed by atoms with E-state index in [1.54, 1.807) is 17.0 Å². The minimum absolute atomic E-state index is 0.183. The molecule has 3 N–H and O–H groups in total. The Morgan fingerprint density at radius 1 is 1.53 bits per heavy atom. The van der Waals surface area contributed by atoms with Gasteiger partial charge in [-0.05, 0) is 6.42 Å². The molecule has 0 bridgehead atoms. The summed E-state index contributed by atoms with van der Waals surface area (Å²) in [4.78, 5) is 22.9. The molecule has 2 heterocycles. The Kier molecular flexibility index (Phi) is 2.95. The zero-order valence-corrected chi connectivity index (χ0v) is 9.90. The predicted molar refractivity (Wildman–Crippen MR) is 65.5 cm³/mol. The SMILES string of the molecule is CCCc1c(N)nc(-c2nccn2C)[nH]c1=O. The first-order valence-electron chi connectivity index (χ1n) is 5.49. The summed E-state index contributed by atoms with van der Waals surface area (Å²) >= 11 is 0. The van der Waals surface area contributed by atoms with Crippen LogP contribution in [0.2, 0.25) is 0 Å². The monoisotopic (exact) mass is 233 g/mol. The fourth-order valence-electron chi connectivity index (χ4n) is 1.71. The summed E-state index contributed by atoms with van der Waals surface area (Å²) in [6.07, 6.45) is 4.92. The van der Waals surface area contributed by atoms with Gasteiger partial charge in [0.25, 0.3) is 5.56 Å². The van der Waals surface area contributed by atoms with Crippen molar-refractivity contribution >= 4 is 5.82 Å². The fourth-order valence-corrected chi connectivity index (χ4v) is 1.71. The quantitative estimate of drug-likeness (QED) is 0.816. The molecule has 2 aromatic rings. The van der Waals surface area contributed by atoms with Crippen LogP contribution in [-0.4, -0.2) is 19.5 Å². The molecule has 0 aliphatic carbocycles. The molecule has 17 heavy (non-hydrogen) atoms. The van der Waals surface area contributed by atoms with Gasteiger partial charge >= 0.3 is 0 Å². The minimum atomic E-state index is -0.183. The van der Waals surface area contributed by atoms with Gasteiger partial charge in [0.15, 0.2) is 11.6 Å². The van der Waals surface area contributed by atoms with Crippen LogP contribution in [0.1, 0.15) is 18.9 Å². The minimum Gasteiger partial charge on any atom is -0.383 e. The number of nitrogens with one attached hydrogen (secondary N) is 1. The summed E-state index contributed by atoms with van der Waals surface area (Å²) in [6, 6.07) is 0. The number of aromatic nitrogens is 4. The second-order valence-electron chi connectivity index (χ2n) is 3.89. The van der Waals surface area contributed by atoms with Gasteiger partial charge in [0.2, 0.25) is 0 Å². The number of aromatic amines is 1. The van der Waals surface area contributed by atoms with Gasteiger partial charge in [0.05, 0.1) is 5.56 Å². The number of anilines is 1. The summed E-state index contributed by atoms with van der Waals surface area (Å²) in [5.41, 5.74) is 6.16. The molecule has 0 spiro atoms. The Bertz CT molecular complexity index is 584. The molecule has 0 saturated carbocycles. The van der Waals surface area contributed by atoms with Crippen LogP contribution in [-0.2, 0) is 13.5 Å². The van der Waals surface area contributed by atoms with E-state index in [-0.39, 0.29) is 11.4 Å². The van der Waals surface area contributed by atoms with Gasteiger partial charge in [-0.2, -0.15) is 0 Å². The number of hydrogen-bond acceptors (Lipinski definition) is 4. The molecule has 6 heteroatoms. The number of aryl methyl sites for hydroxylation is 1. The first-order chi connectivity index (χ1) is 8.13. The van der Waals surface area contributed by atoms with Crippen LogP contribution >= 0.6 is 0 Å². The Morgan fingerprint density at radius 2 is 2.29 bits per heavy atom. The lowest BCUT2D eigenvalue weighted by atomic mass is 10.2. The van der Waals surface area contributed by atoms with Crippen molar-refractivity contribution in [2.75, 3.05) is 5.73 Å². The van der Waals surface area contributed by atoms with Crippen LogP contribution in [0.15, 0.2) is 17.2 Å². The highest BCUT2D eigenvalue weighted by Crippen LogP contribution is 2.13. The maximum Gasteiger partial charge on any atom is 0.256 e. The number of nitrogens with zero attached hydrogens (tertiary/aromatic N) is 3. The van der Waals surface area contributed by atoms with Crippen molar-refractivity contribution in [1.29, 1.82) is 0 Å². The summed E-state index contributed by atoms with van der Waals surface area (Å²) in [7, 11) is 1.83. The van der Waals surface area contributed by atoms with E-state index >= 15 is 0 Å². The van der Waals surface area contributed by atoms with Crippen LogP contribution < -0.4 is 11.3 Å². The maximum atomic E-state index is 11.8. The van der Waals surface area contributed by atoms with E-state index in [4.69, 9.17) is 5.73 Å². The lowest BCUT2D eigenvalue weighted by Gasteiger charge is -2.05. The molecule has 0 amide bonds. The maximum absolute atomic E-state index is 11.8. The lowest BCUT2D eigenvalue weighted by Crippen LogP contribution is -2.19. The highest BCUT2D eigenvalue weighted by atomic mass is 16.1. The molecule has 0 unspecified atom stereocenters. The Hall–Kier alpha value is -2.11. The zero-order chi connectivity index (χ0) is 12.4. The molecule has 0 aliphatic heterocycles. The second-order valence-corrected chi connectivity index (χ2v) is 3.89. The third-order valence-corrected chi connectivity index (χ3v) is 2.58. The van der Waals surface area contributed by atoms with Crippen molar-refractivity contribution in [1.82, 2.24) is 19.5 Å². The number of rotatable bonds is 3. The molecule has 0 aromatic carbocycles. The first kappa shape index (κ1) is 11.4. The van der Waals surface area contributed by atoms with Gasteiger partial charge in [0, 0.05) is 19.4 Å². The van der Waals surface area contributed by atoms with Crippen LogP contribution in [0.5, 0.6) is 0 Å². The van der Waals surface area contributed by atoms with Crippen molar-refractivity contribution in [3.05, 3.63) is 28.3 Å². The Morgan fingerprint density at radius 3 is 2.82 bits per heavy atom. The number of imidazole rings is 1. The van der Waals surface area contributed by atoms with Crippen molar-refractivity contribution in [3.8, 4) is 11.6 Å². The number of hydrogen-bond donors (Lipinski definition) is 2. The Labute approximate surface area is 98.5 Å². The number of nitrogens with two attached hydrogens (primary N) is 1. The van der Waals surface area contributed by atoms with Crippen molar-refractivity contribution in [2.24, 2.45) is 7.05 Å². The highest BCUT2D eigenvalue weighted by molar-refractivity contribution is 5.49. The van der Waals surface area contributed by atoms with Crippen LogP contribution in [0, 0.1) is 0 Å². The average Bonchev–Trinajstić information content (AvgIpc) is 2.69. The lowest BCUT2D eigenvalue weighted by molar-refractivity contribution is 0.873. The van der Waals surface area contributed by atoms with Gasteiger partial charge < -0.3 is 15.3 Å². The molecule has 0 atom stereocenters. The molecular formula is C11H15N5O. The predicted octanol–water partition coefficient (Wildman–Crippen LogP) is 0.705. The Balaban J connectivity index is 2.53. The summed E-state index contributed by atoms with van der Waals surface area (Å²) in [5, 5.41) is 0. The molecule has 6 nitrogen and oxygen atoms in total. The largest absolute Gasteiger partial charge is 0.383 e. The highest BCUT2D eigenvalue weighted by Gasteiger charge is 2.11. The molecule has 0 radical (unpaired) electrons. The van der Waals surface area contributed by atoms with Crippen molar-refractivity contribution in [2.45, 2.75) is 19.8 Å². The molecule has 90 valence electrons. The van der Waals surface area contributed by atoms with Gasteiger partial charge in [-0.1, -0.05) is 13.3 Å². The van der Waals surface area contributed by atoms with E-state index in [1.165, 1.54) is 0 Å².